The molecule has 2 N–H and O–H groups in total. The van der Waals surface area contributed by atoms with E-state index in [9.17, 15) is 9.90 Å². The van der Waals surface area contributed by atoms with Crippen molar-refractivity contribution in [2.45, 2.75) is 18.7 Å². The molecular weight excluding hydrogens is 270 g/mol. The molecule has 0 saturated carbocycles. The molecule has 0 aromatic heterocycles. The Morgan fingerprint density at radius 2 is 1.90 bits per heavy atom. The lowest BCUT2D eigenvalue weighted by molar-refractivity contribution is -0.113. The van der Waals surface area contributed by atoms with Crippen LogP contribution in [0.15, 0.2) is 47.4 Å². The van der Waals surface area contributed by atoms with Crippen LogP contribution < -0.4 is 5.32 Å². The average Bonchev–Trinajstić information content (AvgIpc) is 2.43. The van der Waals surface area contributed by atoms with Gasteiger partial charge in [-0.25, -0.2) is 0 Å². The summed E-state index contributed by atoms with van der Waals surface area (Å²) in [5.74, 6) is 0.397. The molecule has 2 aromatic rings. The molecule has 20 heavy (non-hydrogen) atoms. The lowest BCUT2D eigenvalue weighted by atomic mass is 10.1. The van der Waals surface area contributed by atoms with E-state index in [0.717, 1.165) is 16.8 Å². The van der Waals surface area contributed by atoms with Crippen LogP contribution in [0.25, 0.3) is 0 Å². The molecule has 2 rings (SSSR count). The number of benzene rings is 2. The molecule has 104 valence electrons. The largest absolute Gasteiger partial charge is 0.507 e. The molecule has 3 nitrogen and oxygen atoms in total. The minimum Gasteiger partial charge on any atom is -0.507 e. The standard InChI is InChI=1S/C16H17NO2S/c1-11-6-5-7-13(12(11)2)17-16(19)10-20-15-9-4-3-8-14(15)18/h3-9,18H,10H2,1-2H3,(H,17,19). The molecule has 0 unspecified atom stereocenters. The number of thioether (sulfide) groups is 1. The predicted octanol–water partition coefficient (Wildman–Crippen LogP) is 3.74. The Morgan fingerprint density at radius 1 is 1.15 bits per heavy atom. The summed E-state index contributed by atoms with van der Waals surface area (Å²) in [6.45, 7) is 4.00. The van der Waals surface area contributed by atoms with E-state index in [1.54, 1.807) is 18.2 Å². The number of rotatable bonds is 4. The third-order valence-corrected chi connectivity index (χ3v) is 4.17. The van der Waals surface area contributed by atoms with Crippen molar-refractivity contribution in [3.8, 4) is 5.75 Å². The normalized spacial score (nSPS) is 10.3. The van der Waals surface area contributed by atoms with Gasteiger partial charge < -0.3 is 10.4 Å². The number of para-hydroxylation sites is 1. The summed E-state index contributed by atoms with van der Waals surface area (Å²) in [7, 11) is 0. The fourth-order valence-corrected chi connectivity index (χ4v) is 2.54. The summed E-state index contributed by atoms with van der Waals surface area (Å²) < 4.78 is 0. The van der Waals surface area contributed by atoms with E-state index >= 15 is 0 Å². The molecule has 0 atom stereocenters. The van der Waals surface area contributed by atoms with Crippen molar-refractivity contribution in [1.82, 2.24) is 0 Å². The maximum atomic E-state index is 11.9. The monoisotopic (exact) mass is 287 g/mol. The first kappa shape index (κ1) is 14.5. The van der Waals surface area contributed by atoms with Gasteiger partial charge >= 0.3 is 0 Å². The number of amides is 1. The first-order valence-corrected chi connectivity index (χ1v) is 7.33. The van der Waals surface area contributed by atoms with E-state index in [2.05, 4.69) is 5.32 Å². The smallest absolute Gasteiger partial charge is 0.234 e. The van der Waals surface area contributed by atoms with E-state index in [1.807, 2.05) is 38.1 Å². The van der Waals surface area contributed by atoms with Gasteiger partial charge in [-0.3, -0.25) is 4.79 Å². The number of aromatic hydroxyl groups is 1. The van der Waals surface area contributed by atoms with Crippen molar-refractivity contribution in [1.29, 1.82) is 0 Å². The predicted molar refractivity (Wildman–Crippen MR) is 83.4 cm³/mol. The molecule has 2 aromatic carbocycles. The molecule has 0 aliphatic carbocycles. The van der Waals surface area contributed by atoms with Crippen molar-refractivity contribution in [3.05, 3.63) is 53.6 Å². The van der Waals surface area contributed by atoms with Crippen LogP contribution in [0, 0.1) is 13.8 Å². The molecule has 0 radical (unpaired) electrons. The summed E-state index contributed by atoms with van der Waals surface area (Å²) in [4.78, 5) is 12.7. The van der Waals surface area contributed by atoms with Gasteiger partial charge in [0.15, 0.2) is 0 Å². The molecule has 0 spiro atoms. The third kappa shape index (κ3) is 3.54. The molecule has 1 amide bonds. The quantitative estimate of drug-likeness (QED) is 0.842. The molecule has 0 fully saturated rings. The van der Waals surface area contributed by atoms with Gasteiger partial charge in [-0.15, -0.1) is 11.8 Å². The number of hydrogen-bond acceptors (Lipinski definition) is 3. The Morgan fingerprint density at radius 3 is 2.65 bits per heavy atom. The van der Waals surface area contributed by atoms with Gasteiger partial charge in [-0.05, 0) is 43.2 Å². The SMILES string of the molecule is Cc1cccc(NC(=O)CSc2ccccc2O)c1C. The van der Waals surface area contributed by atoms with Crippen LogP contribution in [0.3, 0.4) is 0 Å². The summed E-state index contributed by atoms with van der Waals surface area (Å²) in [5.41, 5.74) is 3.07. The Labute approximate surface area is 123 Å². The van der Waals surface area contributed by atoms with Crippen molar-refractivity contribution < 1.29 is 9.90 Å². The topological polar surface area (TPSA) is 49.3 Å². The van der Waals surface area contributed by atoms with Crippen molar-refractivity contribution in [2.75, 3.05) is 11.1 Å². The highest BCUT2D eigenvalue weighted by atomic mass is 32.2. The second-order valence-electron chi connectivity index (χ2n) is 4.55. The third-order valence-electron chi connectivity index (χ3n) is 3.10. The van der Waals surface area contributed by atoms with Gasteiger partial charge in [0.1, 0.15) is 5.75 Å². The zero-order chi connectivity index (χ0) is 14.5. The Balaban J connectivity index is 1.96. The second kappa shape index (κ2) is 6.48. The number of phenols is 1. The molecule has 0 aliphatic rings. The van der Waals surface area contributed by atoms with Crippen LogP contribution in [-0.4, -0.2) is 16.8 Å². The number of hydrogen-bond donors (Lipinski definition) is 2. The number of anilines is 1. The number of nitrogens with one attached hydrogen (secondary N) is 1. The van der Waals surface area contributed by atoms with E-state index < -0.39 is 0 Å². The van der Waals surface area contributed by atoms with Gasteiger partial charge in [-0.2, -0.15) is 0 Å². The highest BCUT2D eigenvalue weighted by Gasteiger charge is 2.08. The Bertz CT molecular complexity index is 626. The molecule has 0 bridgehead atoms. The molecule has 0 heterocycles. The Hall–Kier alpha value is -1.94. The molecule has 4 heteroatoms. The van der Waals surface area contributed by atoms with Crippen LogP contribution in [0.2, 0.25) is 0 Å². The van der Waals surface area contributed by atoms with Crippen molar-refractivity contribution >= 4 is 23.4 Å². The summed E-state index contributed by atoms with van der Waals surface area (Å²) in [5, 5.41) is 12.5. The first-order valence-electron chi connectivity index (χ1n) is 6.35. The maximum Gasteiger partial charge on any atom is 0.234 e. The van der Waals surface area contributed by atoms with Crippen molar-refractivity contribution in [2.24, 2.45) is 0 Å². The van der Waals surface area contributed by atoms with Crippen LogP contribution >= 0.6 is 11.8 Å². The summed E-state index contributed by atoms with van der Waals surface area (Å²) in [6, 6.07) is 12.8. The van der Waals surface area contributed by atoms with E-state index in [1.165, 1.54) is 11.8 Å². The molecule has 0 aliphatic heterocycles. The van der Waals surface area contributed by atoms with Crippen molar-refractivity contribution in [3.63, 3.8) is 0 Å². The van der Waals surface area contributed by atoms with Gasteiger partial charge in [0.05, 0.1) is 5.75 Å². The summed E-state index contributed by atoms with van der Waals surface area (Å²) in [6.07, 6.45) is 0. The highest BCUT2D eigenvalue weighted by Crippen LogP contribution is 2.27. The van der Waals surface area contributed by atoms with Crippen LogP contribution in [0.5, 0.6) is 5.75 Å². The fraction of sp³-hybridized carbons (Fsp3) is 0.188. The highest BCUT2D eigenvalue weighted by molar-refractivity contribution is 8.00. The molecule has 0 saturated heterocycles. The first-order chi connectivity index (χ1) is 9.58. The van der Waals surface area contributed by atoms with Crippen LogP contribution in [0.4, 0.5) is 5.69 Å². The van der Waals surface area contributed by atoms with Gasteiger partial charge in [0.2, 0.25) is 5.91 Å². The number of carbonyl (C=O) groups is 1. The van der Waals surface area contributed by atoms with Crippen LogP contribution in [0.1, 0.15) is 11.1 Å². The van der Waals surface area contributed by atoms with Gasteiger partial charge in [-0.1, -0.05) is 24.3 Å². The molecular formula is C16H17NO2S. The fourth-order valence-electron chi connectivity index (χ4n) is 1.80. The zero-order valence-electron chi connectivity index (χ0n) is 11.5. The lowest BCUT2D eigenvalue weighted by Gasteiger charge is -2.10. The summed E-state index contributed by atoms with van der Waals surface area (Å²) >= 11 is 1.32. The van der Waals surface area contributed by atoms with Gasteiger partial charge in [0.25, 0.3) is 0 Å². The number of aryl methyl sites for hydroxylation is 1. The number of phenolic OH excluding ortho intramolecular Hbond substituents is 1. The zero-order valence-corrected chi connectivity index (χ0v) is 12.3. The van der Waals surface area contributed by atoms with Crippen LogP contribution in [-0.2, 0) is 4.79 Å². The second-order valence-corrected chi connectivity index (χ2v) is 5.57. The van der Waals surface area contributed by atoms with Gasteiger partial charge in [0, 0.05) is 10.6 Å². The van der Waals surface area contributed by atoms with E-state index in [-0.39, 0.29) is 17.4 Å². The Kier molecular flexibility index (Phi) is 4.69. The minimum atomic E-state index is -0.0769. The average molecular weight is 287 g/mol. The minimum absolute atomic E-state index is 0.0769. The number of carbonyl (C=O) groups excluding carboxylic acids is 1. The van der Waals surface area contributed by atoms with E-state index in [4.69, 9.17) is 0 Å². The maximum absolute atomic E-state index is 11.9. The lowest BCUT2D eigenvalue weighted by Crippen LogP contribution is -2.15. The van der Waals surface area contributed by atoms with E-state index in [0.29, 0.717) is 4.90 Å².